The summed E-state index contributed by atoms with van der Waals surface area (Å²) in [6.45, 7) is 11.9. The molecular formula is C27H42O2. The maximum atomic E-state index is 13.2. The fourth-order valence-corrected chi connectivity index (χ4v) is 7.97. The number of rotatable bonds is 5. The van der Waals surface area contributed by atoms with Crippen LogP contribution in [0.3, 0.4) is 0 Å². The Kier molecular flexibility index (Phi) is 5.42. The molecule has 4 aliphatic carbocycles. The van der Waals surface area contributed by atoms with Crippen LogP contribution in [0.5, 0.6) is 0 Å². The summed E-state index contributed by atoms with van der Waals surface area (Å²) in [5.41, 5.74) is 0.218. The fourth-order valence-electron chi connectivity index (χ4n) is 7.97. The lowest BCUT2D eigenvalue weighted by Crippen LogP contribution is -2.61. The van der Waals surface area contributed by atoms with Crippen molar-refractivity contribution in [1.82, 2.24) is 0 Å². The maximum Gasteiger partial charge on any atom is 0.188 e. The molecule has 0 saturated heterocycles. The number of aliphatic hydroxyl groups is 1. The van der Waals surface area contributed by atoms with Crippen molar-refractivity contribution in [1.29, 1.82) is 0 Å². The number of hydrogen-bond acceptors (Lipinski definition) is 2. The van der Waals surface area contributed by atoms with Crippen LogP contribution in [0.25, 0.3) is 0 Å². The molecule has 7 atom stereocenters. The Balaban J connectivity index is 1.59. The second kappa shape index (κ2) is 7.36. The average Bonchev–Trinajstić information content (AvgIpc) is 3.01. The van der Waals surface area contributed by atoms with E-state index < -0.39 is 5.60 Å². The molecule has 162 valence electrons. The molecule has 0 aromatic carbocycles. The summed E-state index contributed by atoms with van der Waals surface area (Å²) in [5.74, 6) is 3.22. The molecule has 2 nitrogen and oxygen atoms in total. The van der Waals surface area contributed by atoms with Gasteiger partial charge in [-0.2, -0.15) is 0 Å². The summed E-state index contributed by atoms with van der Waals surface area (Å²) in [7, 11) is 0. The lowest BCUT2D eigenvalue weighted by Gasteiger charge is -2.58. The quantitative estimate of drug-likeness (QED) is 0.538. The number of allylic oxidation sites excluding steroid dienone is 2. The van der Waals surface area contributed by atoms with E-state index in [1.54, 1.807) is 0 Å². The summed E-state index contributed by atoms with van der Waals surface area (Å²) in [5, 5.41) is 11.4. The maximum absolute atomic E-state index is 13.2. The van der Waals surface area contributed by atoms with Gasteiger partial charge in [0, 0.05) is 11.8 Å². The number of hydrogen-bond donors (Lipinski definition) is 1. The molecule has 0 aromatic rings. The predicted octanol–water partition coefficient (Wildman–Crippen LogP) is 6.49. The molecule has 0 aliphatic heterocycles. The minimum Gasteiger partial charge on any atom is -0.381 e. The normalized spacial score (nSPS) is 44.9. The molecule has 0 amide bonds. The zero-order chi connectivity index (χ0) is 21.0. The van der Waals surface area contributed by atoms with Crippen LogP contribution in [-0.4, -0.2) is 16.5 Å². The van der Waals surface area contributed by atoms with Crippen molar-refractivity contribution in [3.63, 3.8) is 0 Å². The molecule has 0 unspecified atom stereocenters. The van der Waals surface area contributed by atoms with Crippen LogP contribution in [0.4, 0.5) is 0 Å². The molecule has 4 rings (SSSR count). The molecular weight excluding hydrogens is 356 g/mol. The highest BCUT2D eigenvalue weighted by atomic mass is 16.3. The summed E-state index contributed by atoms with van der Waals surface area (Å²) >= 11 is 0. The molecule has 2 saturated carbocycles. The van der Waals surface area contributed by atoms with Gasteiger partial charge < -0.3 is 5.11 Å². The molecule has 0 spiro atoms. The van der Waals surface area contributed by atoms with E-state index >= 15 is 0 Å². The third-order valence-electron chi connectivity index (χ3n) is 9.85. The average molecular weight is 399 g/mol. The number of ketones is 1. The predicted molar refractivity (Wildman–Crippen MR) is 119 cm³/mol. The van der Waals surface area contributed by atoms with Crippen LogP contribution >= 0.6 is 0 Å². The molecule has 0 aromatic heterocycles. The van der Waals surface area contributed by atoms with Gasteiger partial charge in [-0.3, -0.25) is 4.79 Å². The molecule has 0 radical (unpaired) electrons. The van der Waals surface area contributed by atoms with Crippen molar-refractivity contribution in [2.75, 3.05) is 0 Å². The zero-order valence-electron chi connectivity index (χ0n) is 19.3. The first-order valence-electron chi connectivity index (χ1n) is 12.3. The highest BCUT2D eigenvalue weighted by Crippen LogP contribution is 2.66. The van der Waals surface area contributed by atoms with Gasteiger partial charge in [-0.25, -0.2) is 0 Å². The highest BCUT2D eigenvalue weighted by Gasteiger charge is 2.63. The van der Waals surface area contributed by atoms with Crippen LogP contribution in [-0.2, 0) is 4.79 Å². The van der Waals surface area contributed by atoms with Crippen molar-refractivity contribution in [3.05, 3.63) is 23.8 Å². The van der Waals surface area contributed by atoms with Gasteiger partial charge in [0.15, 0.2) is 5.78 Å². The Morgan fingerprint density at radius 3 is 2.48 bits per heavy atom. The van der Waals surface area contributed by atoms with E-state index in [0.717, 1.165) is 30.6 Å². The number of carbonyl (C=O) groups excluding carboxylic acids is 1. The Bertz CT molecular complexity index is 718. The van der Waals surface area contributed by atoms with E-state index in [2.05, 4.69) is 40.7 Å². The lowest BCUT2D eigenvalue weighted by molar-refractivity contribution is -0.160. The van der Waals surface area contributed by atoms with Gasteiger partial charge in [-0.05, 0) is 73.2 Å². The second-order valence-electron chi connectivity index (χ2n) is 11.8. The third kappa shape index (κ3) is 3.11. The van der Waals surface area contributed by atoms with Crippen molar-refractivity contribution < 1.29 is 9.90 Å². The van der Waals surface area contributed by atoms with E-state index in [1.807, 2.05) is 12.2 Å². The molecule has 0 bridgehead atoms. The Hall–Kier alpha value is -0.890. The minimum absolute atomic E-state index is 0.0201. The standard InChI is InChI=1S/C27H42O2/c1-18(2)9-8-10-19(3)21-11-12-22-20-17-24(28)27(29)15-7-6-14-26(27,5)23(20)13-16-25(21,22)4/h6-7,17-19,21-23,29H,8-16H2,1-5H3/t19-,21-,22+,23+,25-,26-,27+/m1/s1. The third-order valence-corrected chi connectivity index (χ3v) is 9.85. The minimum atomic E-state index is -1.19. The first kappa shape index (κ1) is 21.3. The Labute approximate surface area is 178 Å². The monoisotopic (exact) mass is 398 g/mol. The van der Waals surface area contributed by atoms with Gasteiger partial charge in [-0.15, -0.1) is 0 Å². The fraction of sp³-hybridized carbons (Fsp3) is 0.815. The van der Waals surface area contributed by atoms with E-state index in [9.17, 15) is 9.90 Å². The van der Waals surface area contributed by atoms with E-state index in [4.69, 9.17) is 0 Å². The van der Waals surface area contributed by atoms with Crippen LogP contribution < -0.4 is 0 Å². The lowest BCUT2D eigenvalue weighted by atomic mass is 9.47. The van der Waals surface area contributed by atoms with Gasteiger partial charge in [0.05, 0.1) is 0 Å². The summed E-state index contributed by atoms with van der Waals surface area (Å²) < 4.78 is 0. The Morgan fingerprint density at radius 1 is 1.03 bits per heavy atom. The second-order valence-corrected chi connectivity index (χ2v) is 11.8. The Morgan fingerprint density at radius 2 is 1.76 bits per heavy atom. The summed E-state index contributed by atoms with van der Waals surface area (Å²) in [6, 6.07) is 0. The van der Waals surface area contributed by atoms with Gasteiger partial charge in [-0.1, -0.05) is 71.6 Å². The van der Waals surface area contributed by atoms with Crippen LogP contribution in [0.15, 0.2) is 23.8 Å². The largest absolute Gasteiger partial charge is 0.381 e. The van der Waals surface area contributed by atoms with Gasteiger partial charge in [0.2, 0.25) is 0 Å². The zero-order valence-corrected chi connectivity index (χ0v) is 19.3. The van der Waals surface area contributed by atoms with E-state index in [1.165, 1.54) is 44.1 Å². The van der Waals surface area contributed by atoms with Gasteiger partial charge >= 0.3 is 0 Å². The smallest absolute Gasteiger partial charge is 0.188 e. The van der Waals surface area contributed by atoms with Crippen molar-refractivity contribution in [2.45, 2.75) is 98.0 Å². The first-order chi connectivity index (χ1) is 13.6. The molecule has 4 aliphatic rings. The van der Waals surface area contributed by atoms with E-state index in [-0.39, 0.29) is 11.2 Å². The molecule has 2 heteroatoms. The number of carbonyl (C=O) groups is 1. The topological polar surface area (TPSA) is 37.3 Å². The van der Waals surface area contributed by atoms with E-state index in [0.29, 0.717) is 23.7 Å². The van der Waals surface area contributed by atoms with Crippen molar-refractivity contribution in [3.8, 4) is 0 Å². The van der Waals surface area contributed by atoms with Crippen LogP contribution in [0.2, 0.25) is 0 Å². The number of fused-ring (bicyclic) bond motifs is 5. The summed E-state index contributed by atoms with van der Waals surface area (Å²) in [6.07, 6.45) is 16.4. The highest BCUT2D eigenvalue weighted by molar-refractivity contribution is 6.00. The molecule has 1 N–H and O–H groups in total. The molecule has 2 fully saturated rings. The van der Waals surface area contributed by atoms with Crippen LogP contribution in [0.1, 0.15) is 92.4 Å². The van der Waals surface area contributed by atoms with Crippen molar-refractivity contribution >= 4 is 5.78 Å². The SMILES string of the molecule is CC(C)CCC[C@@H](C)[C@H]1CC[C@H]2C3=CC(=O)[C@@]4(O)CC=CC[C@]4(C)[C@H]3CC[C@]12C. The van der Waals surface area contributed by atoms with Gasteiger partial charge in [0.1, 0.15) is 5.60 Å². The van der Waals surface area contributed by atoms with Crippen LogP contribution in [0, 0.1) is 40.4 Å². The molecule has 29 heavy (non-hydrogen) atoms. The molecule has 0 heterocycles. The van der Waals surface area contributed by atoms with Crippen molar-refractivity contribution in [2.24, 2.45) is 40.4 Å². The summed E-state index contributed by atoms with van der Waals surface area (Å²) in [4.78, 5) is 13.2. The first-order valence-corrected chi connectivity index (χ1v) is 12.3. The van der Waals surface area contributed by atoms with Gasteiger partial charge in [0.25, 0.3) is 0 Å².